The molecule has 0 aromatic heterocycles. The monoisotopic (exact) mass is 355 g/mol. The minimum absolute atomic E-state index is 0.168. The molecule has 106 valence electrons. The number of thioether (sulfide) groups is 1. The number of halogens is 4. The summed E-state index contributed by atoms with van der Waals surface area (Å²) in [5.41, 5.74) is 0.375. The van der Waals surface area contributed by atoms with Gasteiger partial charge in [-0.15, -0.1) is 13.2 Å². The summed E-state index contributed by atoms with van der Waals surface area (Å²) in [6.07, 6.45) is -3.75. The number of ether oxygens (including phenoxy) is 1. The van der Waals surface area contributed by atoms with E-state index in [0.717, 1.165) is 12.2 Å². The van der Waals surface area contributed by atoms with Crippen LogP contribution in [0.4, 0.5) is 18.9 Å². The summed E-state index contributed by atoms with van der Waals surface area (Å²) >= 11 is 4.96. The number of rotatable bonds is 3. The highest BCUT2D eigenvalue weighted by atomic mass is 79.9. The molecule has 2 rings (SSSR count). The summed E-state index contributed by atoms with van der Waals surface area (Å²) < 4.78 is 41.7. The standard InChI is InChI=1S/C12H13BrF3NOS/c1-7-9(4-5-19-7)17-10-3-2-8(13)6-11(10)18-12(14,15)16/h2-3,6-7,9,17H,4-5H2,1H3. The van der Waals surface area contributed by atoms with Gasteiger partial charge in [-0.2, -0.15) is 11.8 Å². The van der Waals surface area contributed by atoms with Gasteiger partial charge in [0, 0.05) is 15.8 Å². The van der Waals surface area contributed by atoms with E-state index in [0.29, 0.717) is 15.4 Å². The second-order valence-corrected chi connectivity index (χ2v) is 6.70. The zero-order chi connectivity index (χ0) is 14.0. The van der Waals surface area contributed by atoms with Crippen LogP contribution in [0.15, 0.2) is 22.7 Å². The fourth-order valence-electron chi connectivity index (χ4n) is 1.95. The van der Waals surface area contributed by atoms with Gasteiger partial charge in [-0.3, -0.25) is 0 Å². The van der Waals surface area contributed by atoms with Crippen LogP contribution in [0.5, 0.6) is 5.75 Å². The Bertz CT molecular complexity index is 455. The molecular weight excluding hydrogens is 343 g/mol. The zero-order valence-corrected chi connectivity index (χ0v) is 12.5. The molecule has 0 spiro atoms. The average Bonchev–Trinajstić information content (AvgIpc) is 2.66. The second kappa shape index (κ2) is 5.83. The molecule has 0 saturated carbocycles. The van der Waals surface area contributed by atoms with Crippen molar-refractivity contribution in [2.45, 2.75) is 31.0 Å². The predicted molar refractivity (Wildman–Crippen MR) is 74.8 cm³/mol. The maximum absolute atomic E-state index is 12.4. The molecule has 2 atom stereocenters. The molecule has 0 radical (unpaired) electrons. The SMILES string of the molecule is CC1SCCC1Nc1ccc(Br)cc1OC(F)(F)F. The summed E-state index contributed by atoms with van der Waals surface area (Å²) in [6.45, 7) is 2.07. The molecule has 7 heteroatoms. The van der Waals surface area contributed by atoms with Crippen molar-refractivity contribution in [3.63, 3.8) is 0 Å². The highest BCUT2D eigenvalue weighted by Crippen LogP contribution is 2.36. The lowest BCUT2D eigenvalue weighted by Gasteiger charge is -2.21. The van der Waals surface area contributed by atoms with Crippen molar-refractivity contribution in [1.82, 2.24) is 0 Å². The van der Waals surface area contributed by atoms with E-state index in [1.165, 1.54) is 6.07 Å². The van der Waals surface area contributed by atoms with E-state index in [-0.39, 0.29) is 11.8 Å². The van der Waals surface area contributed by atoms with E-state index >= 15 is 0 Å². The van der Waals surface area contributed by atoms with E-state index in [2.05, 4.69) is 32.9 Å². The zero-order valence-electron chi connectivity index (χ0n) is 10.1. The van der Waals surface area contributed by atoms with Gasteiger partial charge in [0.25, 0.3) is 0 Å². The Morgan fingerprint density at radius 2 is 2.16 bits per heavy atom. The first-order chi connectivity index (χ1) is 8.85. The van der Waals surface area contributed by atoms with E-state index in [4.69, 9.17) is 0 Å². The molecule has 1 fully saturated rings. The van der Waals surface area contributed by atoms with Crippen molar-refractivity contribution >= 4 is 33.4 Å². The molecule has 0 amide bonds. The quantitative estimate of drug-likeness (QED) is 0.852. The number of benzene rings is 1. The number of nitrogens with one attached hydrogen (secondary N) is 1. The molecule has 0 bridgehead atoms. The fraction of sp³-hybridized carbons (Fsp3) is 0.500. The van der Waals surface area contributed by atoms with Crippen molar-refractivity contribution < 1.29 is 17.9 Å². The first kappa shape index (κ1) is 14.8. The predicted octanol–water partition coefficient (Wildman–Crippen LogP) is 4.65. The Balaban J connectivity index is 2.19. The molecule has 1 aromatic carbocycles. The molecule has 1 saturated heterocycles. The van der Waals surface area contributed by atoms with Crippen LogP contribution in [0.25, 0.3) is 0 Å². The van der Waals surface area contributed by atoms with Crippen LogP contribution < -0.4 is 10.1 Å². The lowest BCUT2D eigenvalue weighted by Crippen LogP contribution is -2.26. The lowest BCUT2D eigenvalue weighted by molar-refractivity contribution is -0.274. The number of hydrogen-bond donors (Lipinski definition) is 1. The lowest BCUT2D eigenvalue weighted by atomic mass is 10.1. The third-order valence-electron chi connectivity index (χ3n) is 2.89. The Hall–Kier alpha value is -0.560. The Kier molecular flexibility index (Phi) is 4.55. The number of hydrogen-bond acceptors (Lipinski definition) is 3. The third kappa shape index (κ3) is 4.21. The van der Waals surface area contributed by atoms with E-state index in [9.17, 15) is 13.2 Å². The van der Waals surface area contributed by atoms with Crippen LogP contribution in [0.2, 0.25) is 0 Å². The van der Waals surface area contributed by atoms with Crippen LogP contribution in [0.1, 0.15) is 13.3 Å². The number of alkyl halides is 3. The van der Waals surface area contributed by atoms with Crippen molar-refractivity contribution in [1.29, 1.82) is 0 Å². The van der Waals surface area contributed by atoms with Crippen LogP contribution >= 0.6 is 27.7 Å². The van der Waals surface area contributed by atoms with E-state index in [1.54, 1.807) is 12.1 Å². The normalized spacial score (nSPS) is 23.4. The highest BCUT2D eigenvalue weighted by molar-refractivity contribution is 9.10. The Labute approximate surface area is 122 Å². The third-order valence-corrected chi connectivity index (χ3v) is 4.71. The van der Waals surface area contributed by atoms with Gasteiger partial charge in [-0.25, -0.2) is 0 Å². The fourth-order valence-corrected chi connectivity index (χ4v) is 3.48. The van der Waals surface area contributed by atoms with Gasteiger partial charge in [0.15, 0.2) is 5.75 Å². The molecule has 1 aromatic rings. The van der Waals surface area contributed by atoms with Crippen molar-refractivity contribution in [3.05, 3.63) is 22.7 Å². The molecular formula is C12H13BrF3NOS. The maximum Gasteiger partial charge on any atom is 0.573 e. The molecule has 2 nitrogen and oxygen atoms in total. The summed E-state index contributed by atoms with van der Waals surface area (Å²) in [5.74, 6) is 0.816. The van der Waals surface area contributed by atoms with Crippen LogP contribution in [-0.2, 0) is 0 Å². The van der Waals surface area contributed by atoms with Crippen molar-refractivity contribution in [3.8, 4) is 5.75 Å². The molecule has 19 heavy (non-hydrogen) atoms. The summed E-state index contributed by atoms with van der Waals surface area (Å²) in [4.78, 5) is 0. The van der Waals surface area contributed by atoms with Gasteiger partial charge in [0.05, 0.1) is 5.69 Å². The summed E-state index contributed by atoms with van der Waals surface area (Å²) in [5, 5.41) is 3.52. The van der Waals surface area contributed by atoms with Gasteiger partial charge < -0.3 is 10.1 Å². The van der Waals surface area contributed by atoms with Crippen LogP contribution in [0.3, 0.4) is 0 Å². The molecule has 2 unspecified atom stereocenters. The summed E-state index contributed by atoms with van der Waals surface area (Å²) in [6, 6.07) is 4.78. The number of anilines is 1. The van der Waals surface area contributed by atoms with Gasteiger partial charge in [-0.05, 0) is 30.4 Å². The molecule has 0 aliphatic carbocycles. The van der Waals surface area contributed by atoms with E-state index < -0.39 is 6.36 Å². The maximum atomic E-state index is 12.4. The first-order valence-electron chi connectivity index (χ1n) is 5.78. The minimum Gasteiger partial charge on any atom is -0.404 e. The highest BCUT2D eigenvalue weighted by Gasteiger charge is 2.33. The topological polar surface area (TPSA) is 21.3 Å². The first-order valence-corrected chi connectivity index (χ1v) is 7.63. The van der Waals surface area contributed by atoms with Crippen LogP contribution in [0, 0.1) is 0 Å². The molecule has 1 aliphatic heterocycles. The Morgan fingerprint density at radius 3 is 2.74 bits per heavy atom. The molecule has 1 heterocycles. The van der Waals surface area contributed by atoms with Crippen molar-refractivity contribution in [2.75, 3.05) is 11.1 Å². The summed E-state index contributed by atoms with van der Waals surface area (Å²) in [7, 11) is 0. The van der Waals surface area contributed by atoms with Gasteiger partial charge >= 0.3 is 6.36 Å². The Morgan fingerprint density at radius 1 is 1.42 bits per heavy atom. The second-order valence-electron chi connectivity index (χ2n) is 4.30. The average molecular weight is 356 g/mol. The smallest absolute Gasteiger partial charge is 0.404 e. The molecule has 1 aliphatic rings. The minimum atomic E-state index is -4.69. The van der Waals surface area contributed by atoms with Gasteiger partial charge in [0.2, 0.25) is 0 Å². The van der Waals surface area contributed by atoms with Gasteiger partial charge in [0.1, 0.15) is 0 Å². The van der Waals surface area contributed by atoms with Gasteiger partial charge in [-0.1, -0.05) is 22.9 Å². The van der Waals surface area contributed by atoms with E-state index in [1.807, 2.05) is 11.8 Å². The molecule has 1 N–H and O–H groups in total. The van der Waals surface area contributed by atoms with Crippen molar-refractivity contribution in [2.24, 2.45) is 0 Å². The largest absolute Gasteiger partial charge is 0.573 e. The van der Waals surface area contributed by atoms with Crippen LogP contribution in [-0.4, -0.2) is 23.4 Å².